The molecule has 0 unspecified atom stereocenters. The minimum absolute atomic E-state index is 0.322. The van der Waals surface area contributed by atoms with Gasteiger partial charge in [0.1, 0.15) is 5.75 Å². The molecule has 1 N–H and O–H groups in total. The predicted octanol–water partition coefficient (Wildman–Crippen LogP) is 6.31. The van der Waals surface area contributed by atoms with E-state index in [0.717, 1.165) is 6.16 Å². The summed E-state index contributed by atoms with van der Waals surface area (Å²) in [5, 5.41) is 13.0. The van der Waals surface area contributed by atoms with Crippen molar-refractivity contribution in [1.29, 1.82) is 0 Å². The predicted molar refractivity (Wildman–Crippen MR) is 145 cm³/mol. The van der Waals surface area contributed by atoms with Crippen molar-refractivity contribution < 1.29 is 5.11 Å². The number of benzene rings is 5. The Balaban J connectivity index is 0.000000318. The van der Waals surface area contributed by atoms with Gasteiger partial charge in [0.2, 0.25) is 0 Å². The first-order valence-electron chi connectivity index (χ1n) is 11.2. The van der Waals surface area contributed by atoms with E-state index in [1.54, 1.807) is 24.3 Å². The van der Waals surface area contributed by atoms with Gasteiger partial charge in [0.05, 0.1) is 0 Å². The Bertz CT molecular complexity index is 1110. The standard InChI is InChI=1S/C25H23P.C6H6O/c1-5-13-22(14-6-1)21-26(23-15-7-2-8-16-23,24-17-9-3-10-18-24)25-19-11-4-12-20-25;7-6-4-2-1-3-5-6/h1-20,26H,21H2;1-5,7H. The Morgan fingerprint density at radius 2 is 0.697 bits per heavy atom. The molecule has 0 radical (unpaired) electrons. The van der Waals surface area contributed by atoms with E-state index in [2.05, 4.69) is 121 Å². The van der Waals surface area contributed by atoms with E-state index >= 15 is 0 Å². The number of hydrogen-bond acceptors (Lipinski definition) is 1. The van der Waals surface area contributed by atoms with Crippen LogP contribution < -0.4 is 15.9 Å². The first-order valence-corrected chi connectivity index (χ1v) is 13.4. The minimum atomic E-state index is -2.16. The Hall–Kier alpha value is -3.67. The van der Waals surface area contributed by atoms with Crippen molar-refractivity contribution in [3.63, 3.8) is 0 Å². The summed E-state index contributed by atoms with van der Waals surface area (Å²) in [6.07, 6.45) is 1.06. The Labute approximate surface area is 197 Å². The van der Waals surface area contributed by atoms with Crippen LogP contribution in [0.2, 0.25) is 0 Å². The summed E-state index contributed by atoms with van der Waals surface area (Å²) in [6, 6.07) is 52.9. The van der Waals surface area contributed by atoms with Gasteiger partial charge in [-0.05, 0) is 12.1 Å². The number of rotatable bonds is 5. The zero-order valence-corrected chi connectivity index (χ0v) is 19.6. The first-order chi connectivity index (χ1) is 16.3. The number of phenols is 1. The summed E-state index contributed by atoms with van der Waals surface area (Å²) in [6.45, 7) is 0. The summed E-state index contributed by atoms with van der Waals surface area (Å²) < 4.78 is 0. The molecule has 5 rings (SSSR count). The van der Waals surface area contributed by atoms with Crippen molar-refractivity contribution in [2.75, 3.05) is 0 Å². The molecule has 0 saturated carbocycles. The SMILES string of the molecule is Oc1ccccc1.c1ccc(C[PH](c2ccccc2)(c2ccccc2)c2ccccc2)cc1. The summed E-state index contributed by atoms with van der Waals surface area (Å²) >= 11 is 0. The molecule has 0 saturated heterocycles. The zero-order valence-electron chi connectivity index (χ0n) is 18.6. The quantitative estimate of drug-likeness (QED) is 0.313. The van der Waals surface area contributed by atoms with Crippen LogP contribution in [0.15, 0.2) is 152 Å². The van der Waals surface area contributed by atoms with E-state index in [0.29, 0.717) is 5.75 Å². The van der Waals surface area contributed by atoms with Gasteiger partial charge in [0.25, 0.3) is 0 Å². The van der Waals surface area contributed by atoms with Gasteiger partial charge in [-0.3, -0.25) is 0 Å². The molecule has 1 nitrogen and oxygen atoms in total. The van der Waals surface area contributed by atoms with Gasteiger partial charge in [-0.2, -0.15) is 0 Å². The van der Waals surface area contributed by atoms with Gasteiger partial charge in [-0.1, -0.05) is 18.2 Å². The van der Waals surface area contributed by atoms with Gasteiger partial charge in [0, 0.05) is 0 Å². The Morgan fingerprint density at radius 1 is 0.394 bits per heavy atom. The van der Waals surface area contributed by atoms with Crippen molar-refractivity contribution in [3.8, 4) is 5.75 Å². The number of aromatic hydroxyl groups is 1. The molecule has 0 aromatic heterocycles. The number of hydrogen-bond donors (Lipinski definition) is 1. The van der Waals surface area contributed by atoms with Crippen LogP contribution >= 0.6 is 7.26 Å². The molecule has 0 spiro atoms. The average Bonchev–Trinajstić information content (AvgIpc) is 2.90. The third-order valence-electron chi connectivity index (χ3n) is 5.87. The van der Waals surface area contributed by atoms with Crippen LogP contribution in [0.4, 0.5) is 0 Å². The monoisotopic (exact) mass is 448 g/mol. The topological polar surface area (TPSA) is 20.2 Å². The first kappa shape index (κ1) is 22.5. The normalized spacial score (nSPS) is 11.2. The number of phenolic OH excluding ortho intramolecular Hbond substituents is 1. The molecular formula is C31H29OP. The molecule has 0 aliphatic heterocycles. The van der Waals surface area contributed by atoms with Crippen LogP contribution in [0.25, 0.3) is 0 Å². The van der Waals surface area contributed by atoms with Gasteiger partial charge >= 0.3 is 156 Å². The third-order valence-corrected chi connectivity index (χ3v) is 10.8. The molecule has 33 heavy (non-hydrogen) atoms. The molecule has 5 aromatic carbocycles. The van der Waals surface area contributed by atoms with Crippen LogP contribution in [0.5, 0.6) is 5.75 Å². The second-order valence-electron chi connectivity index (χ2n) is 8.00. The summed E-state index contributed by atoms with van der Waals surface area (Å²) in [7, 11) is -2.16. The van der Waals surface area contributed by atoms with E-state index in [4.69, 9.17) is 5.11 Å². The summed E-state index contributed by atoms with van der Waals surface area (Å²) in [4.78, 5) is 0. The van der Waals surface area contributed by atoms with Crippen molar-refractivity contribution >= 4 is 23.2 Å². The van der Waals surface area contributed by atoms with Crippen LogP contribution in [-0.2, 0) is 6.16 Å². The second-order valence-corrected chi connectivity index (χ2v) is 11.9. The maximum absolute atomic E-state index is 8.63. The van der Waals surface area contributed by atoms with Crippen LogP contribution in [0.1, 0.15) is 5.56 Å². The van der Waals surface area contributed by atoms with Crippen molar-refractivity contribution in [3.05, 3.63) is 157 Å². The fraction of sp³-hybridized carbons (Fsp3) is 0.0323. The fourth-order valence-electron chi connectivity index (χ4n) is 4.30. The van der Waals surface area contributed by atoms with Gasteiger partial charge in [-0.15, -0.1) is 0 Å². The van der Waals surface area contributed by atoms with E-state index in [9.17, 15) is 0 Å². The molecule has 2 heteroatoms. The molecule has 0 aliphatic carbocycles. The fourth-order valence-corrected chi connectivity index (χ4v) is 9.05. The number of para-hydroxylation sites is 1. The van der Waals surface area contributed by atoms with Crippen molar-refractivity contribution in [2.45, 2.75) is 6.16 Å². The molecule has 164 valence electrons. The molecule has 0 amide bonds. The van der Waals surface area contributed by atoms with Crippen LogP contribution in [0, 0.1) is 0 Å². The molecule has 0 fully saturated rings. The average molecular weight is 449 g/mol. The molecule has 0 atom stereocenters. The molecule has 0 aliphatic rings. The molecule has 0 heterocycles. The van der Waals surface area contributed by atoms with Gasteiger partial charge in [0.15, 0.2) is 0 Å². The zero-order chi connectivity index (χ0) is 22.8. The Kier molecular flexibility index (Phi) is 7.69. The third kappa shape index (κ3) is 5.58. The molecule has 0 bridgehead atoms. The van der Waals surface area contributed by atoms with Crippen LogP contribution in [-0.4, -0.2) is 5.11 Å². The van der Waals surface area contributed by atoms with Crippen molar-refractivity contribution in [1.82, 2.24) is 0 Å². The van der Waals surface area contributed by atoms with E-state index in [-0.39, 0.29) is 0 Å². The van der Waals surface area contributed by atoms with Crippen LogP contribution in [0.3, 0.4) is 0 Å². The van der Waals surface area contributed by atoms with Crippen molar-refractivity contribution in [2.24, 2.45) is 0 Å². The summed E-state index contributed by atoms with van der Waals surface area (Å²) in [5.74, 6) is 0.322. The van der Waals surface area contributed by atoms with E-state index in [1.807, 2.05) is 6.07 Å². The summed E-state index contributed by atoms with van der Waals surface area (Å²) in [5.41, 5.74) is 1.40. The van der Waals surface area contributed by atoms with E-state index in [1.165, 1.54) is 21.5 Å². The van der Waals surface area contributed by atoms with Gasteiger partial charge in [-0.25, -0.2) is 0 Å². The maximum atomic E-state index is 8.63. The van der Waals surface area contributed by atoms with Gasteiger partial charge < -0.3 is 5.11 Å². The Morgan fingerprint density at radius 3 is 1.00 bits per heavy atom. The second kappa shape index (κ2) is 11.3. The van der Waals surface area contributed by atoms with E-state index < -0.39 is 7.26 Å². The molecular weight excluding hydrogens is 419 g/mol. The molecule has 5 aromatic rings.